The first-order valence-corrected chi connectivity index (χ1v) is 12.8. The Balaban J connectivity index is 0.00000108. The number of carbonyl (C=O) groups excluding carboxylic acids is 1. The predicted molar refractivity (Wildman–Crippen MR) is 139 cm³/mol. The van der Waals surface area contributed by atoms with Crippen LogP contribution >= 0.6 is 23.2 Å². The summed E-state index contributed by atoms with van der Waals surface area (Å²) < 4.78 is 24.4. The van der Waals surface area contributed by atoms with Crippen LogP contribution in [0.25, 0.3) is 0 Å². The van der Waals surface area contributed by atoms with Gasteiger partial charge in [0.2, 0.25) is 5.88 Å². The number of halogens is 2. The minimum absolute atomic E-state index is 0.0441. The Morgan fingerprint density at radius 2 is 1.86 bits per heavy atom. The first kappa shape index (κ1) is 27.1. The molecule has 0 radical (unpaired) electrons. The van der Waals surface area contributed by atoms with Crippen LogP contribution in [0.4, 0.5) is 0 Å². The van der Waals surface area contributed by atoms with E-state index in [1.54, 1.807) is 29.1 Å². The lowest BCUT2D eigenvalue weighted by molar-refractivity contribution is 0.103. The zero-order valence-corrected chi connectivity index (χ0v) is 22.7. The zero-order chi connectivity index (χ0) is 25.9. The second-order valence-corrected chi connectivity index (χ2v) is 10.2. The number of nitrogens with zero attached hydrogens (tertiary/aromatic N) is 2. The molecule has 0 fully saturated rings. The maximum Gasteiger partial charge on any atom is 0.335 e. The normalized spacial score (nSPS) is 13.9. The van der Waals surface area contributed by atoms with Gasteiger partial charge in [-0.2, -0.15) is 13.5 Å². The number of ether oxygens (including phenoxy) is 1. The minimum Gasteiger partial charge on any atom is -0.437 e. The molecule has 0 N–H and O–H groups in total. The van der Waals surface area contributed by atoms with E-state index in [2.05, 4.69) is 32.8 Å². The SMILES string of the molecule is CCn1ncc(C(=O)c2cc(C)c3c(c2C)C(C)(C)CCC3)c1Oc1ccc(Cl)cc1Cl.O=S=O. The second kappa shape index (κ2) is 11.1. The van der Waals surface area contributed by atoms with E-state index in [1.807, 2.05) is 13.0 Å². The van der Waals surface area contributed by atoms with Crippen molar-refractivity contribution in [3.05, 3.63) is 73.9 Å². The minimum atomic E-state index is -0.750. The molecule has 1 aliphatic rings. The third kappa shape index (κ3) is 5.52. The maximum atomic E-state index is 13.8. The fourth-order valence-electron chi connectivity index (χ4n) is 4.95. The van der Waals surface area contributed by atoms with Gasteiger partial charge in [-0.3, -0.25) is 4.79 Å². The van der Waals surface area contributed by atoms with Crippen molar-refractivity contribution in [2.45, 2.75) is 65.8 Å². The quantitative estimate of drug-likeness (QED) is 0.336. The van der Waals surface area contributed by atoms with Crippen molar-refractivity contribution in [3.8, 4) is 11.6 Å². The van der Waals surface area contributed by atoms with Crippen molar-refractivity contribution in [2.75, 3.05) is 0 Å². The van der Waals surface area contributed by atoms with E-state index in [0.717, 1.165) is 18.4 Å². The standard InChI is InChI=1S/C26H28Cl2N2O2.O2S/c1-6-30-25(32-22-10-9-17(27)13-21(22)28)20(14-29-30)24(31)19-12-15(2)18-8-7-11-26(4,5)23(18)16(19)3;1-3-2/h9-10,12-14H,6-8,11H2,1-5H3;. The van der Waals surface area contributed by atoms with Crippen LogP contribution in [-0.2, 0) is 30.0 Å². The lowest BCUT2D eigenvalue weighted by Crippen LogP contribution is -2.27. The lowest BCUT2D eigenvalue weighted by atomic mass is 9.68. The molecule has 0 saturated carbocycles. The topological polar surface area (TPSA) is 78.3 Å². The predicted octanol–water partition coefficient (Wildman–Crippen LogP) is 6.79. The molecule has 0 atom stereocenters. The van der Waals surface area contributed by atoms with Gasteiger partial charge in [0.1, 0.15) is 11.3 Å². The fraction of sp³-hybridized carbons (Fsp3) is 0.385. The van der Waals surface area contributed by atoms with Crippen molar-refractivity contribution >= 4 is 40.6 Å². The molecule has 1 aliphatic carbocycles. The second-order valence-electron chi connectivity index (χ2n) is 9.21. The van der Waals surface area contributed by atoms with Crippen molar-refractivity contribution in [1.82, 2.24) is 9.78 Å². The molecule has 4 rings (SSSR count). The largest absolute Gasteiger partial charge is 0.437 e. The molecular formula is C26H28Cl2N2O4S. The van der Waals surface area contributed by atoms with Crippen LogP contribution in [0.2, 0.25) is 10.0 Å². The smallest absolute Gasteiger partial charge is 0.335 e. The number of hydrogen-bond acceptors (Lipinski definition) is 5. The molecule has 186 valence electrons. The lowest BCUT2D eigenvalue weighted by Gasteiger charge is -2.36. The molecular weight excluding hydrogens is 507 g/mol. The van der Waals surface area contributed by atoms with Crippen molar-refractivity contribution in [3.63, 3.8) is 0 Å². The van der Waals surface area contributed by atoms with E-state index in [0.29, 0.717) is 39.3 Å². The van der Waals surface area contributed by atoms with E-state index >= 15 is 0 Å². The third-order valence-electron chi connectivity index (χ3n) is 6.50. The average molecular weight is 535 g/mol. The third-order valence-corrected chi connectivity index (χ3v) is 7.03. The molecule has 35 heavy (non-hydrogen) atoms. The molecule has 0 bridgehead atoms. The number of carbonyl (C=O) groups is 1. The highest BCUT2D eigenvalue weighted by molar-refractivity contribution is 7.51. The number of benzene rings is 2. The van der Waals surface area contributed by atoms with Gasteiger partial charge in [-0.25, -0.2) is 4.68 Å². The summed E-state index contributed by atoms with van der Waals surface area (Å²) in [5.74, 6) is 0.727. The van der Waals surface area contributed by atoms with E-state index in [1.165, 1.54) is 23.1 Å². The van der Waals surface area contributed by atoms with Crippen LogP contribution in [0.3, 0.4) is 0 Å². The number of hydrogen-bond donors (Lipinski definition) is 0. The molecule has 0 amide bonds. The Bertz CT molecular complexity index is 1310. The summed E-state index contributed by atoms with van der Waals surface area (Å²) in [7, 11) is 0. The average Bonchev–Trinajstić information content (AvgIpc) is 3.20. The van der Waals surface area contributed by atoms with Gasteiger partial charge in [-0.1, -0.05) is 37.0 Å². The molecule has 9 heteroatoms. The van der Waals surface area contributed by atoms with Crippen LogP contribution in [0, 0.1) is 13.8 Å². The molecule has 1 heterocycles. The summed E-state index contributed by atoms with van der Waals surface area (Å²) in [6.45, 7) is 11.2. The van der Waals surface area contributed by atoms with Gasteiger partial charge in [0.05, 0.1) is 11.2 Å². The Morgan fingerprint density at radius 1 is 1.17 bits per heavy atom. The number of aromatic nitrogens is 2. The number of rotatable bonds is 5. The van der Waals surface area contributed by atoms with Gasteiger partial charge >= 0.3 is 11.6 Å². The van der Waals surface area contributed by atoms with E-state index in [-0.39, 0.29) is 11.2 Å². The molecule has 0 spiro atoms. The van der Waals surface area contributed by atoms with Gasteiger partial charge in [-0.05, 0) is 92.0 Å². The van der Waals surface area contributed by atoms with Crippen molar-refractivity contribution in [2.24, 2.45) is 0 Å². The Kier molecular flexibility index (Phi) is 8.57. The summed E-state index contributed by atoms with van der Waals surface area (Å²) in [4.78, 5) is 13.8. The van der Waals surface area contributed by atoms with Crippen LogP contribution in [0.5, 0.6) is 11.6 Å². The number of fused-ring (bicyclic) bond motifs is 1. The van der Waals surface area contributed by atoms with Crippen molar-refractivity contribution < 1.29 is 17.9 Å². The highest BCUT2D eigenvalue weighted by Gasteiger charge is 2.33. The Hall–Kier alpha value is -2.48. The Labute approximate surface area is 219 Å². The summed E-state index contributed by atoms with van der Waals surface area (Å²) in [5, 5.41) is 5.29. The monoisotopic (exact) mass is 534 g/mol. The highest BCUT2D eigenvalue weighted by Crippen LogP contribution is 2.42. The summed E-state index contributed by atoms with van der Waals surface area (Å²) >= 11 is 11.6. The molecule has 6 nitrogen and oxygen atoms in total. The van der Waals surface area contributed by atoms with E-state index < -0.39 is 11.6 Å². The fourth-order valence-corrected chi connectivity index (χ4v) is 5.39. The van der Waals surface area contributed by atoms with Crippen LogP contribution < -0.4 is 4.74 Å². The molecule has 2 aromatic carbocycles. The van der Waals surface area contributed by atoms with Crippen molar-refractivity contribution in [1.29, 1.82) is 0 Å². The molecule has 0 unspecified atom stereocenters. The summed E-state index contributed by atoms with van der Waals surface area (Å²) in [5.41, 5.74) is 6.12. The summed E-state index contributed by atoms with van der Waals surface area (Å²) in [6, 6.07) is 7.05. The number of aryl methyl sites for hydroxylation is 2. The van der Waals surface area contributed by atoms with Crippen LogP contribution in [0.1, 0.15) is 71.8 Å². The van der Waals surface area contributed by atoms with E-state index in [9.17, 15) is 4.79 Å². The first-order chi connectivity index (χ1) is 16.5. The van der Waals surface area contributed by atoms with Gasteiger partial charge in [-0.15, -0.1) is 0 Å². The first-order valence-electron chi connectivity index (χ1n) is 11.3. The van der Waals surface area contributed by atoms with Gasteiger partial charge in [0.25, 0.3) is 0 Å². The summed E-state index contributed by atoms with van der Waals surface area (Å²) in [6.07, 6.45) is 4.95. The van der Waals surface area contributed by atoms with Gasteiger partial charge in [0, 0.05) is 17.1 Å². The number of ketones is 1. The molecule has 0 saturated heterocycles. The van der Waals surface area contributed by atoms with Crippen LogP contribution in [0.15, 0.2) is 30.5 Å². The maximum absolute atomic E-state index is 13.8. The van der Waals surface area contributed by atoms with Gasteiger partial charge < -0.3 is 4.74 Å². The highest BCUT2D eigenvalue weighted by atomic mass is 35.5. The van der Waals surface area contributed by atoms with Gasteiger partial charge in [0.15, 0.2) is 5.78 Å². The van der Waals surface area contributed by atoms with E-state index in [4.69, 9.17) is 36.4 Å². The molecule has 1 aromatic heterocycles. The zero-order valence-electron chi connectivity index (χ0n) is 20.4. The van der Waals surface area contributed by atoms with Crippen LogP contribution in [-0.4, -0.2) is 24.0 Å². The molecule has 0 aliphatic heterocycles. The molecule has 3 aromatic rings. The Morgan fingerprint density at radius 3 is 2.49 bits per heavy atom.